The summed E-state index contributed by atoms with van der Waals surface area (Å²) in [5.74, 6) is 1.46. The molecule has 7 heteroatoms. The Balaban J connectivity index is 0. The molecule has 0 aromatic rings. The molecule has 0 heterocycles. The molecule has 0 amide bonds. The Bertz CT molecular complexity index is 356. The van der Waals surface area contributed by atoms with Crippen molar-refractivity contribution in [2.24, 2.45) is 10.9 Å². The van der Waals surface area contributed by atoms with Gasteiger partial charge in [0, 0.05) is 18.3 Å². The molecule has 5 nitrogen and oxygen atoms in total. The van der Waals surface area contributed by atoms with Gasteiger partial charge >= 0.3 is 0 Å². The van der Waals surface area contributed by atoms with E-state index in [9.17, 15) is 8.42 Å². The number of sulfone groups is 1. The molecular weight excluding hydrogens is 377 g/mol. The SMILES string of the molecule is CCNC(=NCCS(=O)(=O)CC)NC(C)C(C)C.I. The minimum Gasteiger partial charge on any atom is -0.357 e. The summed E-state index contributed by atoms with van der Waals surface area (Å²) in [7, 11) is -2.94. The van der Waals surface area contributed by atoms with E-state index in [0.29, 0.717) is 24.5 Å². The van der Waals surface area contributed by atoms with Gasteiger partial charge in [-0.1, -0.05) is 20.8 Å². The van der Waals surface area contributed by atoms with E-state index < -0.39 is 9.84 Å². The van der Waals surface area contributed by atoms with Crippen LogP contribution in [-0.4, -0.2) is 45.0 Å². The molecule has 0 aromatic carbocycles. The zero-order chi connectivity index (χ0) is 14.2. The zero-order valence-corrected chi connectivity index (χ0v) is 15.7. The lowest BCUT2D eigenvalue weighted by Gasteiger charge is -2.20. The predicted octanol–water partition coefficient (Wildman–Crippen LogP) is 1.64. The highest BCUT2D eigenvalue weighted by molar-refractivity contribution is 14.0. The highest BCUT2D eigenvalue weighted by Crippen LogP contribution is 1.99. The predicted molar refractivity (Wildman–Crippen MR) is 93.2 cm³/mol. The Morgan fingerprint density at radius 2 is 1.79 bits per heavy atom. The first-order valence-corrected chi connectivity index (χ1v) is 8.39. The molecule has 0 spiro atoms. The maximum Gasteiger partial charge on any atom is 0.191 e. The van der Waals surface area contributed by atoms with Crippen LogP contribution in [0.3, 0.4) is 0 Å². The lowest BCUT2D eigenvalue weighted by Crippen LogP contribution is -2.44. The van der Waals surface area contributed by atoms with Crippen molar-refractivity contribution in [2.75, 3.05) is 24.6 Å². The van der Waals surface area contributed by atoms with Crippen molar-refractivity contribution >= 4 is 39.8 Å². The van der Waals surface area contributed by atoms with Crippen LogP contribution in [0.4, 0.5) is 0 Å². The van der Waals surface area contributed by atoms with Crippen LogP contribution in [0.1, 0.15) is 34.6 Å². The molecule has 1 unspecified atom stereocenters. The van der Waals surface area contributed by atoms with Crippen molar-refractivity contribution in [1.82, 2.24) is 10.6 Å². The first-order valence-electron chi connectivity index (χ1n) is 6.57. The van der Waals surface area contributed by atoms with E-state index in [2.05, 4.69) is 36.4 Å². The Morgan fingerprint density at radius 1 is 1.21 bits per heavy atom. The third-order valence-electron chi connectivity index (χ3n) is 2.82. The van der Waals surface area contributed by atoms with Gasteiger partial charge in [0.2, 0.25) is 0 Å². The standard InChI is InChI=1S/C12H27N3O2S.HI/c1-6-13-12(15-11(5)10(3)4)14-8-9-18(16,17)7-2;/h10-11H,6-9H2,1-5H3,(H2,13,14,15);1H. The molecule has 2 N–H and O–H groups in total. The highest BCUT2D eigenvalue weighted by atomic mass is 127. The van der Waals surface area contributed by atoms with Crippen molar-refractivity contribution in [3.63, 3.8) is 0 Å². The molecule has 19 heavy (non-hydrogen) atoms. The fraction of sp³-hybridized carbons (Fsp3) is 0.917. The van der Waals surface area contributed by atoms with Gasteiger partial charge in [-0.3, -0.25) is 4.99 Å². The van der Waals surface area contributed by atoms with Crippen LogP contribution >= 0.6 is 24.0 Å². The lowest BCUT2D eigenvalue weighted by atomic mass is 10.1. The van der Waals surface area contributed by atoms with Gasteiger partial charge < -0.3 is 10.6 Å². The zero-order valence-electron chi connectivity index (χ0n) is 12.6. The highest BCUT2D eigenvalue weighted by Gasteiger charge is 2.10. The van der Waals surface area contributed by atoms with Crippen LogP contribution in [0.2, 0.25) is 0 Å². The summed E-state index contributed by atoms with van der Waals surface area (Å²) in [5, 5.41) is 6.38. The van der Waals surface area contributed by atoms with Crippen LogP contribution in [-0.2, 0) is 9.84 Å². The smallest absolute Gasteiger partial charge is 0.191 e. The van der Waals surface area contributed by atoms with Crippen molar-refractivity contribution < 1.29 is 8.42 Å². The van der Waals surface area contributed by atoms with Crippen LogP contribution in [0.25, 0.3) is 0 Å². The van der Waals surface area contributed by atoms with Crippen molar-refractivity contribution in [1.29, 1.82) is 0 Å². The van der Waals surface area contributed by atoms with Gasteiger partial charge in [0.25, 0.3) is 0 Å². The molecule has 0 aliphatic rings. The molecule has 0 aliphatic heterocycles. The summed E-state index contributed by atoms with van der Waals surface area (Å²) in [6.07, 6.45) is 0. The number of aliphatic imine (C=N–C) groups is 1. The molecular formula is C12H28IN3O2S. The Morgan fingerprint density at radius 3 is 2.21 bits per heavy atom. The first-order chi connectivity index (χ1) is 8.32. The van der Waals surface area contributed by atoms with Gasteiger partial charge in [-0.05, 0) is 19.8 Å². The number of rotatable bonds is 7. The lowest BCUT2D eigenvalue weighted by molar-refractivity contribution is 0.481. The summed E-state index contributed by atoms with van der Waals surface area (Å²) in [6, 6.07) is 0.297. The van der Waals surface area contributed by atoms with Gasteiger partial charge in [-0.15, -0.1) is 24.0 Å². The summed E-state index contributed by atoms with van der Waals surface area (Å²) >= 11 is 0. The summed E-state index contributed by atoms with van der Waals surface area (Å²) in [6.45, 7) is 11.0. The van der Waals surface area contributed by atoms with Crippen LogP contribution in [0.15, 0.2) is 4.99 Å². The number of nitrogens with zero attached hydrogens (tertiary/aromatic N) is 1. The van der Waals surface area contributed by atoms with E-state index in [1.54, 1.807) is 6.92 Å². The minimum atomic E-state index is -2.94. The van der Waals surface area contributed by atoms with Gasteiger partial charge in [0.1, 0.15) is 0 Å². The van der Waals surface area contributed by atoms with Crippen LogP contribution in [0, 0.1) is 5.92 Å². The van der Waals surface area contributed by atoms with E-state index in [4.69, 9.17) is 0 Å². The Kier molecular flexibility index (Phi) is 12.0. The fourth-order valence-corrected chi connectivity index (χ4v) is 1.80. The Labute approximate surface area is 135 Å². The van der Waals surface area contributed by atoms with Crippen LogP contribution < -0.4 is 10.6 Å². The van der Waals surface area contributed by atoms with Gasteiger partial charge in [0.05, 0.1) is 12.3 Å². The molecule has 0 saturated heterocycles. The number of guanidine groups is 1. The van der Waals surface area contributed by atoms with Gasteiger partial charge in [-0.25, -0.2) is 8.42 Å². The Hall–Kier alpha value is -0.0500. The molecule has 0 bridgehead atoms. The van der Waals surface area contributed by atoms with E-state index in [1.165, 1.54) is 0 Å². The second-order valence-corrected chi connectivity index (χ2v) is 7.15. The summed E-state index contributed by atoms with van der Waals surface area (Å²) in [5.41, 5.74) is 0. The van der Waals surface area contributed by atoms with E-state index in [-0.39, 0.29) is 35.5 Å². The summed E-state index contributed by atoms with van der Waals surface area (Å²) < 4.78 is 22.7. The van der Waals surface area contributed by atoms with E-state index >= 15 is 0 Å². The minimum absolute atomic E-state index is 0. The molecule has 0 saturated carbocycles. The topological polar surface area (TPSA) is 70.6 Å². The third-order valence-corrected chi connectivity index (χ3v) is 4.50. The molecule has 0 rings (SSSR count). The van der Waals surface area contributed by atoms with Crippen molar-refractivity contribution in [3.8, 4) is 0 Å². The average Bonchev–Trinajstić information content (AvgIpc) is 2.28. The summed E-state index contributed by atoms with van der Waals surface area (Å²) in [4.78, 5) is 4.28. The normalized spacial score (nSPS) is 13.9. The maximum absolute atomic E-state index is 11.4. The molecule has 0 fully saturated rings. The molecule has 0 radical (unpaired) electrons. The van der Waals surface area contributed by atoms with Crippen molar-refractivity contribution in [3.05, 3.63) is 0 Å². The van der Waals surface area contributed by atoms with E-state index in [0.717, 1.165) is 6.54 Å². The molecule has 0 aliphatic carbocycles. The quantitative estimate of drug-likeness (QED) is 0.384. The van der Waals surface area contributed by atoms with E-state index in [1.807, 2.05) is 6.92 Å². The first kappa shape index (κ1) is 21.3. The second kappa shape index (κ2) is 10.7. The number of halogens is 1. The van der Waals surface area contributed by atoms with Gasteiger partial charge in [-0.2, -0.15) is 0 Å². The largest absolute Gasteiger partial charge is 0.357 e. The van der Waals surface area contributed by atoms with Gasteiger partial charge in [0.15, 0.2) is 15.8 Å². The fourth-order valence-electron chi connectivity index (χ4n) is 1.14. The number of hydrogen-bond donors (Lipinski definition) is 2. The molecule has 0 aromatic heterocycles. The molecule has 116 valence electrons. The average molecular weight is 405 g/mol. The maximum atomic E-state index is 11.4. The van der Waals surface area contributed by atoms with Crippen molar-refractivity contribution in [2.45, 2.75) is 40.7 Å². The van der Waals surface area contributed by atoms with Crippen LogP contribution in [0.5, 0.6) is 0 Å². The number of nitrogens with one attached hydrogen (secondary N) is 2. The monoisotopic (exact) mass is 405 g/mol. The number of hydrogen-bond acceptors (Lipinski definition) is 3. The third kappa shape index (κ3) is 10.4. The second-order valence-electron chi connectivity index (χ2n) is 4.67. The molecule has 1 atom stereocenters.